The van der Waals surface area contributed by atoms with E-state index in [9.17, 15) is 14.4 Å². The molecule has 0 aliphatic carbocycles. The molecule has 0 radical (unpaired) electrons. The lowest BCUT2D eigenvalue weighted by Gasteiger charge is -2.45. The van der Waals surface area contributed by atoms with Crippen LogP contribution in [0.15, 0.2) is 42.5 Å². The number of nitrogens with one attached hydrogen (secondary N) is 1. The van der Waals surface area contributed by atoms with Gasteiger partial charge in [-0.1, -0.05) is 29.8 Å². The van der Waals surface area contributed by atoms with Crippen LogP contribution in [0.5, 0.6) is 0 Å². The second-order valence-electron chi connectivity index (χ2n) is 9.07. The van der Waals surface area contributed by atoms with Crippen molar-refractivity contribution in [1.82, 2.24) is 10.2 Å². The third kappa shape index (κ3) is 4.79. The summed E-state index contributed by atoms with van der Waals surface area (Å²) in [5.74, 6) is -0.348. The highest BCUT2D eigenvalue weighted by atomic mass is 16.2. The Balaban J connectivity index is 1.60. The van der Waals surface area contributed by atoms with Gasteiger partial charge in [-0.2, -0.15) is 0 Å². The Morgan fingerprint density at radius 2 is 1.76 bits per heavy atom. The fourth-order valence-electron chi connectivity index (χ4n) is 4.85. The van der Waals surface area contributed by atoms with Crippen LogP contribution in [0.1, 0.15) is 54.6 Å². The number of anilines is 2. The summed E-state index contributed by atoms with van der Waals surface area (Å²) in [6.45, 7) is 8.30. The van der Waals surface area contributed by atoms with Gasteiger partial charge in [-0.3, -0.25) is 19.3 Å². The maximum atomic E-state index is 13.5. The number of nitrogens with zero attached hydrogens (tertiary/aromatic N) is 3. The van der Waals surface area contributed by atoms with Gasteiger partial charge in [-0.05, 0) is 63.8 Å². The zero-order valence-electron chi connectivity index (χ0n) is 20.3. The monoisotopic (exact) mass is 462 g/mol. The third-order valence-corrected chi connectivity index (χ3v) is 6.84. The average molecular weight is 463 g/mol. The van der Waals surface area contributed by atoms with Crippen LogP contribution in [0.25, 0.3) is 0 Å². The molecule has 34 heavy (non-hydrogen) atoms. The predicted molar refractivity (Wildman–Crippen MR) is 134 cm³/mol. The number of hydrogen-bond acceptors (Lipinski definition) is 4. The van der Waals surface area contributed by atoms with Crippen LogP contribution >= 0.6 is 0 Å². The summed E-state index contributed by atoms with van der Waals surface area (Å²) in [6.07, 6.45) is 2.80. The summed E-state index contributed by atoms with van der Waals surface area (Å²) in [4.78, 5) is 44.9. The van der Waals surface area contributed by atoms with Gasteiger partial charge in [-0.25, -0.2) is 0 Å². The molecule has 0 spiro atoms. The number of benzene rings is 2. The standard InChI is InChI=1S/C27H34N4O3/c1-4-29(5-2)26(33)21-13-14-22-24(16-21)31(27(34)23-8-6-7-15-30(22)23)18-25(32)28-17-20-11-9-19(3)10-12-20/h9-14,16,23H,4-8,15,17-18H2,1-3H3,(H,28,32)/t23-/m0/s1. The van der Waals surface area contributed by atoms with E-state index in [2.05, 4.69) is 10.2 Å². The molecular formula is C27H34N4O3. The van der Waals surface area contributed by atoms with Crippen molar-refractivity contribution in [2.75, 3.05) is 36.0 Å². The number of hydrogen-bond donors (Lipinski definition) is 1. The van der Waals surface area contributed by atoms with E-state index in [0.717, 1.165) is 42.6 Å². The highest BCUT2D eigenvalue weighted by molar-refractivity contribution is 6.09. The molecule has 2 aromatic rings. The molecular weight excluding hydrogens is 428 g/mol. The first-order valence-electron chi connectivity index (χ1n) is 12.3. The maximum absolute atomic E-state index is 13.5. The minimum atomic E-state index is -0.254. The summed E-state index contributed by atoms with van der Waals surface area (Å²) in [5, 5.41) is 2.94. The maximum Gasteiger partial charge on any atom is 0.253 e. The number of amides is 3. The topological polar surface area (TPSA) is 73.0 Å². The highest BCUT2D eigenvalue weighted by Gasteiger charge is 2.40. The van der Waals surface area contributed by atoms with Crippen LogP contribution in [0, 0.1) is 6.92 Å². The van der Waals surface area contributed by atoms with Crippen molar-refractivity contribution in [3.63, 3.8) is 0 Å². The molecule has 0 bridgehead atoms. The van der Waals surface area contributed by atoms with E-state index >= 15 is 0 Å². The molecule has 2 aromatic carbocycles. The van der Waals surface area contributed by atoms with Crippen molar-refractivity contribution in [2.45, 2.75) is 52.6 Å². The number of carbonyl (C=O) groups excluding carboxylic acids is 3. The lowest BCUT2D eigenvalue weighted by molar-refractivity contribution is -0.125. The predicted octanol–water partition coefficient (Wildman–Crippen LogP) is 3.50. The van der Waals surface area contributed by atoms with E-state index in [1.165, 1.54) is 0 Å². The van der Waals surface area contributed by atoms with Gasteiger partial charge in [0.2, 0.25) is 11.8 Å². The van der Waals surface area contributed by atoms with Gasteiger partial charge in [0.1, 0.15) is 12.6 Å². The van der Waals surface area contributed by atoms with E-state index in [4.69, 9.17) is 0 Å². The van der Waals surface area contributed by atoms with Gasteiger partial charge in [0.15, 0.2) is 0 Å². The molecule has 7 heteroatoms. The SMILES string of the molecule is CCN(CC)C(=O)c1ccc2c(c1)N(CC(=O)NCc1ccc(C)cc1)C(=O)[C@@H]1CCCCN21. The largest absolute Gasteiger partial charge is 0.358 e. The quantitative estimate of drug-likeness (QED) is 0.684. The van der Waals surface area contributed by atoms with Crippen LogP contribution in [0.2, 0.25) is 0 Å². The molecule has 1 atom stereocenters. The molecule has 3 amide bonds. The lowest BCUT2D eigenvalue weighted by Crippen LogP contribution is -2.57. The van der Waals surface area contributed by atoms with Gasteiger partial charge in [-0.15, -0.1) is 0 Å². The third-order valence-electron chi connectivity index (χ3n) is 6.84. The second kappa shape index (κ2) is 10.3. The van der Waals surface area contributed by atoms with E-state index in [-0.39, 0.29) is 30.3 Å². The van der Waals surface area contributed by atoms with Gasteiger partial charge in [0.05, 0.1) is 11.4 Å². The first-order chi connectivity index (χ1) is 16.4. The van der Waals surface area contributed by atoms with E-state index in [0.29, 0.717) is 30.9 Å². The smallest absolute Gasteiger partial charge is 0.253 e. The Hall–Kier alpha value is -3.35. The Labute approximate surface area is 201 Å². The van der Waals surface area contributed by atoms with Crippen LogP contribution < -0.4 is 15.1 Å². The molecule has 180 valence electrons. The number of carbonyl (C=O) groups is 3. The minimum absolute atomic E-state index is 0.0645. The molecule has 4 rings (SSSR count). The molecule has 1 saturated heterocycles. The summed E-state index contributed by atoms with van der Waals surface area (Å²) in [6, 6.07) is 13.3. The highest BCUT2D eigenvalue weighted by Crippen LogP contribution is 2.40. The van der Waals surface area contributed by atoms with E-state index in [1.807, 2.05) is 57.2 Å². The van der Waals surface area contributed by atoms with Crippen molar-refractivity contribution < 1.29 is 14.4 Å². The average Bonchev–Trinajstić information content (AvgIpc) is 2.86. The first kappa shape index (κ1) is 23.8. The minimum Gasteiger partial charge on any atom is -0.358 e. The fourth-order valence-corrected chi connectivity index (χ4v) is 4.85. The second-order valence-corrected chi connectivity index (χ2v) is 9.07. The van der Waals surface area contributed by atoms with Gasteiger partial charge in [0.25, 0.3) is 5.91 Å². The van der Waals surface area contributed by atoms with Crippen molar-refractivity contribution in [3.8, 4) is 0 Å². The Kier molecular flexibility index (Phi) is 7.20. The molecule has 2 heterocycles. The normalized spacial score (nSPS) is 17.1. The molecule has 1 fully saturated rings. The summed E-state index contributed by atoms with van der Waals surface area (Å²) in [7, 11) is 0. The molecule has 0 saturated carbocycles. The van der Waals surface area contributed by atoms with Gasteiger partial charge < -0.3 is 15.1 Å². The zero-order chi connectivity index (χ0) is 24.2. The Bertz CT molecular complexity index is 1060. The fraction of sp³-hybridized carbons (Fsp3) is 0.444. The van der Waals surface area contributed by atoms with Crippen molar-refractivity contribution >= 4 is 29.1 Å². The van der Waals surface area contributed by atoms with Gasteiger partial charge in [0, 0.05) is 31.7 Å². The Morgan fingerprint density at radius 1 is 1.03 bits per heavy atom. The number of rotatable bonds is 7. The van der Waals surface area contributed by atoms with E-state index < -0.39 is 0 Å². The van der Waals surface area contributed by atoms with Crippen molar-refractivity contribution in [2.24, 2.45) is 0 Å². The molecule has 2 aliphatic heterocycles. The van der Waals surface area contributed by atoms with Crippen LogP contribution in [0.4, 0.5) is 11.4 Å². The summed E-state index contributed by atoms with van der Waals surface area (Å²) < 4.78 is 0. The molecule has 7 nitrogen and oxygen atoms in total. The van der Waals surface area contributed by atoms with Gasteiger partial charge >= 0.3 is 0 Å². The molecule has 0 aromatic heterocycles. The summed E-state index contributed by atoms with van der Waals surface area (Å²) >= 11 is 0. The first-order valence-corrected chi connectivity index (χ1v) is 12.3. The van der Waals surface area contributed by atoms with Crippen LogP contribution in [-0.2, 0) is 16.1 Å². The number of aryl methyl sites for hydroxylation is 1. The number of piperidine rings is 1. The molecule has 2 aliphatic rings. The molecule has 1 N–H and O–H groups in total. The summed E-state index contributed by atoms with van der Waals surface area (Å²) in [5.41, 5.74) is 4.28. The van der Waals surface area contributed by atoms with Crippen molar-refractivity contribution in [3.05, 3.63) is 59.2 Å². The van der Waals surface area contributed by atoms with Crippen LogP contribution in [-0.4, -0.2) is 54.8 Å². The zero-order valence-corrected chi connectivity index (χ0v) is 20.3. The van der Waals surface area contributed by atoms with Crippen LogP contribution in [0.3, 0.4) is 0 Å². The van der Waals surface area contributed by atoms with Crippen molar-refractivity contribution in [1.29, 1.82) is 0 Å². The molecule has 0 unspecified atom stereocenters. The van der Waals surface area contributed by atoms with E-state index in [1.54, 1.807) is 15.9 Å². The number of fused-ring (bicyclic) bond motifs is 3. The lowest BCUT2D eigenvalue weighted by atomic mass is 9.95. The Morgan fingerprint density at radius 3 is 2.47 bits per heavy atom.